The summed E-state index contributed by atoms with van der Waals surface area (Å²) in [6, 6.07) is 6.96. The molecule has 82 valence electrons. The van der Waals surface area contributed by atoms with Gasteiger partial charge in [-0.05, 0) is 24.7 Å². The maximum Gasteiger partial charge on any atom is 0.304 e. The summed E-state index contributed by atoms with van der Waals surface area (Å²) in [6.45, 7) is 1.15. The molecule has 4 heteroatoms. The molecule has 1 rings (SSSR count). The van der Waals surface area contributed by atoms with Crippen LogP contribution < -0.4 is 0 Å². The van der Waals surface area contributed by atoms with Crippen molar-refractivity contribution < 1.29 is 15.0 Å². The van der Waals surface area contributed by atoms with Crippen LogP contribution in [0, 0.1) is 0 Å². The standard InChI is InChI=1S/C11H15NO3/c1-12(6-5-11(14)15)8-9-3-2-4-10(13)7-9/h2-4,7,13H,5-6,8H2,1H3,(H,14,15). The number of benzene rings is 1. The number of aliphatic carboxylic acids is 1. The van der Waals surface area contributed by atoms with E-state index in [0.29, 0.717) is 13.1 Å². The van der Waals surface area contributed by atoms with Crippen LogP contribution in [0.15, 0.2) is 24.3 Å². The number of hydrogen-bond donors (Lipinski definition) is 2. The Balaban J connectivity index is 2.44. The van der Waals surface area contributed by atoms with Crippen LogP contribution in [0.5, 0.6) is 5.75 Å². The van der Waals surface area contributed by atoms with Crippen LogP contribution >= 0.6 is 0 Å². The molecule has 0 aliphatic carbocycles. The van der Waals surface area contributed by atoms with Crippen molar-refractivity contribution in [2.24, 2.45) is 0 Å². The molecule has 0 heterocycles. The minimum atomic E-state index is -0.794. The Hall–Kier alpha value is -1.55. The molecule has 4 nitrogen and oxygen atoms in total. The van der Waals surface area contributed by atoms with Crippen LogP contribution in [0.3, 0.4) is 0 Å². The summed E-state index contributed by atoms with van der Waals surface area (Å²) < 4.78 is 0. The molecule has 0 fully saturated rings. The van der Waals surface area contributed by atoms with Crippen LogP contribution in [-0.4, -0.2) is 34.7 Å². The molecule has 0 aromatic heterocycles. The van der Waals surface area contributed by atoms with E-state index in [2.05, 4.69) is 0 Å². The summed E-state index contributed by atoms with van der Waals surface area (Å²) in [6.07, 6.45) is 0.134. The van der Waals surface area contributed by atoms with Gasteiger partial charge in [0.05, 0.1) is 6.42 Å². The highest BCUT2D eigenvalue weighted by molar-refractivity contribution is 5.66. The van der Waals surface area contributed by atoms with Crippen molar-refractivity contribution in [3.63, 3.8) is 0 Å². The van der Waals surface area contributed by atoms with Gasteiger partial charge in [-0.25, -0.2) is 0 Å². The Morgan fingerprint density at radius 3 is 2.80 bits per heavy atom. The average Bonchev–Trinajstić information content (AvgIpc) is 2.15. The lowest BCUT2D eigenvalue weighted by molar-refractivity contribution is -0.137. The highest BCUT2D eigenvalue weighted by Gasteiger charge is 2.03. The number of rotatable bonds is 5. The number of phenols is 1. The molecular formula is C11H15NO3. The smallest absolute Gasteiger partial charge is 0.304 e. The normalized spacial score (nSPS) is 10.5. The fraction of sp³-hybridized carbons (Fsp3) is 0.364. The van der Waals surface area contributed by atoms with Crippen LogP contribution in [0.1, 0.15) is 12.0 Å². The molecule has 0 saturated carbocycles. The van der Waals surface area contributed by atoms with E-state index >= 15 is 0 Å². The van der Waals surface area contributed by atoms with Crippen molar-refractivity contribution in [2.75, 3.05) is 13.6 Å². The van der Waals surface area contributed by atoms with Crippen LogP contribution in [0.4, 0.5) is 0 Å². The van der Waals surface area contributed by atoms with E-state index in [-0.39, 0.29) is 12.2 Å². The van der Waals surface area contributed by atoms with Crippen molar-refractivity contribution in [2.45, 2.75) is 13.0 Å². The molecule has 0 spiro atoms. The highest BCUT2D eigenvalue weighted by atomic mass is 16.4. The predicted molar refractivity (Wildman–Crippen MR) is 56.7 cm³/mol. The summed E-state index contributed by atoms with van der Waals surface area (Å²) in [5.74, 6) is -0.558. The zero-order chi connectivity index (χ0) is 11.3. The first-order valence-electron chi connectivity index (χ1n) is 4.76. The van der Waals surface area contributed by atoms with Gasteiger partial charge in [-0.1, -0.05) is 12.1 Å². The maximum atomic E-state index is 10.3. The molecule has 0 atom stereocenters. The van der Waals surface area contributed by atoms with Crippen molar-refractivity contribution in [3.8, 4) is 5.75 Å². The summed E-state index contributed by atoms with van der Waals surface area (Å²) in [5, 5.41) is 17.7. The third kappa shape index (κ3) is 4.46. The fourth-order valence-electron chi connectivity index (χ4n) is 1.33. The first-order valence-corrected chi connectivity index (χ1v) is 4.76. The molecule has 0 aliphatic rings. The number of carbonyl (C=O) groups is 1. The Kier molecular flexibility index (Phi) is 4.12. The van der Waals surface area contributed by atoms with E-state index in [1.54, 1.807) is 18.2 Å². The third-order valence-electron chi connectivity index (χ3n) is 2.07. The summed E-state index contributed by atoms with van der Waals surface area (Å²) in [4.78, 5) is 12.2. The molecule has 0 unspecified atom stereocenters. The molecule has 15 heavy (non-hydrogen) atoms. The average molecular weight is 209 g/mol. The minimum Gasteiger partial charge on any atom is -0.508 e. The highest BCUT2D eigenvalue weighted by Crippen LogP contribution is 2.12. The number of carboxylic acids is 1. The number of nitrogens with zero attached hydrogens (tertiary/aromatic N) is 1. The minimum absolute atomic E-state index is 0.134. The lowest BCUT2D eigenvalue weighted by Gasteiger charge is -2.15. The lowest BCUT2D eigenvalue weighted by atomic mass is 10.2. The Morgan fingerprint density at radius 1 is 1.47 bits per heavy atom. The number of hydrogen-bond acceptors (Lipinski definition) is 3. The van der Waals surface area contributed by atoms with E-state index in [9.17, 15) is 9.90 Å². The van der Waals surface area contributed by atoms with E-state index in [1.165, 1.54) is 0 Å². The number of phenolic OH excluding ortho intramolecular Hbond substituents is 1. The van der Waals surface area contributed by atoms with E-state index in [4.69, 9.17) is 5.11 Å². The van der Waals surface area contributed by atoms with Gasteiger partial charge in [0.1, 0.15) is 5.75 Å². The summed E-state index contributed by atoms with van der Waals surface area (Å²) in [7, 11) is 1.85. The quantitative estimate of drug-likeness (QED) is 0.767. The monoisotopic (exact) mass is 209 g/mol. The summed E-state index contributed by atoms with van der Waals surface area (Å²) >= 11 is 0. The number of aromatic hydroxyl groups is 1. The van der Waals surface area contributed by atoms with Crippen molar-refractivity contribution in [1.29, 1.82) is 0 Å². The maximum absolute atomic E-state index is 10.3. The SMILES string of the molecule is CN(CCC(=O)O)Cc1cccc(O)c1. The van der Waals surface area contributed by atoms with Gasteiger partial charge >= 0.3 is 5.97 Å². The Morgan fingerprint density at radius 2 is 2.20 bits per heavy atom. The van der Waals surface area contributed by atoms with Crippen LogP contribution in [0.2, 0.25) is 0 Å². The van der Waals surface area contributed by atoms with Gasteiger partial charge < -0.3 is 15.1 Å². The number of carboxylic acid groups (broad SMARTS) is 1. The van der Waals surface area contributed by atoms with Crippen molar-refractivity contribution >= 4 is 5.97 Å². The zero-order valence-electron chi connectivity index (χ0n) is 8.68. The van der Waals surface area contributed by atoms with Gasteiger partial charge in [-0.15, -0.1) is 0 Å². The zero-order valence-corrected chi connectivity index (χ0v) is 8.68. The molecule has 0 amide bonds. The summed E-state index contributed by atoms with van der Waals surface area (Å²) in [5.41, 5.74) is 0.975. The lowest BCUT2D eigenvalue weighted by Crippen LogP contribution is -2.21. The van der Waals surface area contributed by atoms with Crippen LogP contribution in [0.25, 0.3) is 0 Å². The second-order valence-electron chi connectivity index (χ2n) is 3.55. The van der Waals surface area contributed by atoms with E-state index in [1.807, 2.05) is 18.0 Å². The van der Waals surface area contributed by atoms with Gasteiger partial charge in [0.15, 0.2) is 0 Å². The Bertz CT molecular complexity index is 338. The van der Waals surface area contributed by atoms with Gasteiger partial charge in [0, 0.05) is 13.1 Å². The molecule has 0 radical (unpaired) electrons. The van der Waals surface area contributed by atoms with Gasteiger partial charge in [-0.3, -0.25) is 4.79 Å². The van der Waals surface area contributed by atoms with E-state index < -0.39 is 5.97 Å². The molecule has 0 bridgehead atoms. The molecule has 0 aliphatic heterocycles. The van der Waals surface area contributed by atoms with Gasteiger partial charge in [-0.2, -0.15) is 0 Å². The second kappa shape index (κ2) is 5.36. The molecule has 1 aromatic carbocycles. The molecule has 1 aromatic rings. The third-order valence-corrected chi connectivity index (χ3v) is 2.07. The van der Waals surface area contributed by atoms with Crippen LogP contribution in [-0.2, 0) is 11.3 Å². The first kappa shape index (κ1) is 11.5. The van der Waals surface area contributed by atoms with E-state index in [0.717, 1.165) is 5.56 Å². The fourth-order valence-corrected chi connectivity index (χ4v) is 1.33. The van der Waals surface area contributed by atoms with Crippen molar-refractivity contribution in [3.05, 3.63) is 29.8 Å². The largest absolute Gasteiger partial charge is 0.508 e. The molecule has 0 saturated heterocycles. The van der Waals surface area contributed by atoms with Gasteiger partial charge in [0.2, 0.25) is 0 Å². The predicted octanol–water partition coefficient (Wildman–Crippen LogP) is 1.30. The Labute approximate surface area is 88.8 Å². The van der Waals surface area contributed by atoms with Crippen molar-refractivity contribution in [1.82, 2.24) is 4.90 Å². The molecule has 2 N–H and O–H groups in total. The second-order valence-corrected chi connectivity index (χ2v) is 3.55. The first-order chi connectivity index (χ1) is 7.08. The topological polar surface area (TPSA) is 60.8 Å². The van der Waals surface area contributed by atoms with Gasteiger partial charge in [0.25, 0.3) is 0 Å². The molecular weight excluding hydrogens is 194 g/mol.